The monoisotopic (exact) mass is 238 g/mol. The SMILES string of the molecule is CCC(CC)CC(=O)c1ccc(F)c(OC)c1. The Morgan fingerprint density at radius 2 is 2.00 bits per heavy atom. The highest BCUT2D eigenvalue weighted by Gasteiger charge is 2.14. The highest BCUT2D eigenvalue weighted by Crippen LogP contribution is 2.21. The number of carbonyl (C=O) groups excluding carboxylic acids is 1. The van der Waals surface area contributed by atoms with Crippen molar-refractivity contribution in [3.05, 3.63) is 29.6 Å². The maximum atomic E-state index is 13.2. The fraction of sp³-hybridized carbons (Fsp3) is 0.500. The molecule has 1 aromatic rings. The average molecular weight is 238 g/mol. The Hall–Kier alpha value is -1.38. The lowest BCUT2D eigenvalue weighted by Gasteiger charge is -2.11. The molecule has 0 unspecified atom stereocenters. The van der Waals surface area contributed by atoms with Crippen molar-refractivity contribution in [2.24, 2.45) is 5.92 Å². The summed E-state index contributed by atoms with van der Waals surface area (Å²) in [4.78, 5) is 12.0. The Balaban J connectivity index is 2.82. The van der Waals surface area contributed by atoms with Gasteiger partial charge in [-0.3, -0.25) is 4.79 Å². The van der Waals surface area contributed by atoms with E-state index in [4.69, 9.17) is 4.74 Å². The molecule has 17 heavy (non-hydrogen) atoms. The Labute approximate surface area is 102 Å². The third-order valence-corrected chi connectivity index (χ3v) is 3.10. The van der Waals surface area contributed by atoms with Gasteiger partial charge in [0.05, 0.1) is 7.11 Å². The van der Waals surface area contributed by atoms with E-state index in [2.05, 4.69) is 13.8 Å². The maximum Gasteiger partial charge on any atom is 0.165 e. The van der Waals surface area contributed by atoms with E-state index in [1.165, 1.54) is 25.3 Å². The molecule has 0 spiro atoms. The van der Waals surface area contributed by atoms with Gasteiger partial charge in [0.25, 0.3) is 0 Å². The van der Waals surface area contributed by atoms with Crippen LogP contribution in [0.3, 0.4) is 0 Å². The smallest absolute Gasteiger partial charge is 0.165 e. The summed E-state index contributed by atoms with van der Waals surface area (Å²) in [6.45, 7) is 4.15. The molecule has 0 amide bonds. The van der Waals surface area contributed by atoms with Crippen LogP contribution >= 0.6 is 0 Å². The fourth-order valence-electron chi connectivity index (χ4n) is 1.79. The zero-order valence-corrected chi connectivity index (χ0v) is 10.6. The van der Waals surface area contributed by atoms with E-state index >= 15 is 0 Å². The lowest BCUT2D eigenvalue weighted by molar-refractivity contribution is 0.0958. The van der Waals surface area contributed by atoms with E-state index < -0.39 is 5.82 Å². The van der Waals surface area contributed by atoms with Crippen LogP contribution in [0.1, 0.15) is 43.5 Å². The fourth-order valence-corrected chi connectivity index (χ4v) is 1.79. The maximum absolute atomic E-state index is 13.2. The second kappa shape index (κ2) is 6.38. The highest BCUT2D eigenvalue weighted by atomic mass is 19.1. The minimum absolute atomic E-state index is 0.0528. The first-order valence-electron chi connectivity index (χ1n) is 5.99. The minimum Gasteiger partial charge on any atom is -0.494 e. The molecule has 0 saturated heterocycles. The Kier molecular flexibility index (Phi) is 5.13. The van der Waals surface area contributed by atoms with Gasteiger partial charge in [-0.05, 0) is 24.1 Å². The molecule has 0 saturated carbocycles. The van der Waals surface area contributed by atoms with Crippen molar-refractivity contribution in [3.63, 3.8) is 0 Å². The Morgan fingerprint density at radius 3 is 2.53 bits per heavy atom. The lowest BCUT2D eigenvalue weighted by Crippen LogP contribution is -2.08. The van der Waals surface area contributed by atoms with Gasteiger partial charge in [0.15, 0.2) is 17.3 Å². The van der Waals surface area contributed by atoms with Crippen LogP contribution in [0.2, 0.25) is 0 Å². The van der Waals surface area contributed by atoms with Crippen molar-refractivity contribution in [3.8, 4) is 5.75 Å². The highest BCUT2D eigenvalue weighted by molar-refractivity contribution is 5.96. The number of rotatable bonds is 6. The summed E-state index contributed by atoms with van der Waals surface area (Å²) < 4.78 is 18.1. The minimum atomic E-state index is -0.438. The van der Waals surface area contributed by atoms with Gasteiger partial charge in [-0.1, -0.05) is 26.7 Å². The zero-order valence-electron chi connectivity index (χ0n) is 10.6. The normalized spacial score (nSPS) is 10.6. The molecule has 0 fully saturated rings. The van der Waals surface area contributed by atoms with Crippen molar-refractivity contribution in [1.82, 2.24) is 0 Å². The van der Waals surface area contributed by atoms with Gasteiger partial charge in [-0.2, -0.15) is 0 Å². The molecule has 0 aliphatic rings. The first kappa shape index (κ1) is 13.7. The number of hydrogen-bond donors (Lipinski definition) is 0. The predicted octanol–water partition coefficient (Wildman–Crippen LogP) is 3.84. The molecule has 0 heterocycles. The molecule has 0 aliphatic carbocycles. The molecule has 1 rings (SSSR count). The van der Waals surface area contributed by atoms with Crippen molar-refractivity contribution in [2.75, 3.05) is 7.11 Å². The Bertz CT molecular complexity index is 384. The number of Topliss-reactive ketones (excluding diaryl/α,β-unsaturated/α-hetero) is 1. The second-order valence-electron chi connectivity index (χ2n) is 4.16. The van der Waals surface area contributed by atoms with E-state index in [-0.39, 0.29) is 11.5 Å². The number of ketones is 1. The van der Waals surface area contributed by atoms with Gasteiger partial charge in [-0.25, -0.2) is 4.39 Å². The van der Waals surface area contributed by atoms with Crippen LogP contribution in [0.4, 0.5) is 4.39 Å². The Morgan fingerprint density at radius 1 is 1.35 bits per heavy atom. The average Bonchev–Trinajstić information content (AvgIpc) is 2.36. The predicted molar refractivity (Wildman–Crippen MR) is 66.0 cm³/mol. The van der Waals surface area contributed by atoms with Crippen molar-refractivity contribution in [1.29, 1.82) is 0 Å². The molecule has 1 aromatic carbocycles. The molecule has 2 nitrogen and oxygen atoms in total. The van der Waals surface area contributed by atoms with Crippen molar-refractivity contribution in [2.45, 2.75) is 33.1 Å². The first-order valence-corrected chi connectivity index (χ1v) is 5.99. The molecule has 0 aliphatic heterocycles. The largest absolute Gasteiger partial charge is 0.494 e. The van der Waals surface area contributed by atoms with Gasteiger partial charge >= 0.3 is 0 Å². The molecular weight excluding hydrogens is 219 g/mol. The topological polar surface area (TPSA) is 26.3 Å². The van der Waals surface area contributed by atoms with Crippen LogP contribution in [0, 0.1) is 11.7 Å². The number of hydrogen-bond acceptors (Lipinski definition) is 2. The number of carbonyl (C=O) groups is 1. The number of methoxy groups -OCH3 is 1. The molecule has 0 atom stereocenters. The zero-order chi connectivity index (χ0) is 12.8. The summed E-state index contributed by atoms with van der Waals surface area (Å²) in [5, 5.41) is 0. The van der Waals surface area contributed by atoms with Crippen LogP contribution in [0.5, 0.6) is 5.75 Å². The third-order valence-electron chi connectivity index (χ3n) is 3.10. The molecule has 0 N–H and O–H groups in total. The van der Waals surface area contributed by atoms with E-state index in [0.717, 1.165) is 12.8 Å². The van der Waals surface area contributed by atoms with E-state index in [1.54, 1.807) is 0 Å². The number of ether oxygens (including phenoxy) is 1. The molecule has 0 bridgehead atoms. The molecule has 0 radical (unpaired) electrons. The van der Waals surface area contributed by atoms with Gasteiger partial charge in [-0.15, -0.1) is 0 Å². The molecular formula is C14H19FO2. The lowest BCUT2D eigenvalue weighted by atomic mass is 9.94. The summed E-state index contributed by atoms with van der Waals surface area (Å²) in [6.07, 6.45) is 2.49. The molecule has 3 heteroatoms. The molecule has 0 aromatic heterocycles. The summed E-state index contributed by atoms with van der Waals surface area (Å²) in [5.41, 5.74) is 0.523. The van der Waals surface area contributed by atoms with Gasteiger partial charge in [0.2, 0.25) is 0 Å². The van der Waals surface area contributed by atoms with Crippen LogP contribution in [0.25, 0.3) is 0 Å². The van der Waals surface area contributed by atoms with E-state index in [1.807, 2.05) is 0 Å². The summed E-state index contributed by atoms with van der Waals surface area (Å²) in [5.74, 6) is 0.141. The van der Waals surface area contributed by atoms with Crippen molar-refractivity contribution >= 4 is 5.78 Å². The second-order valence-corrected chi connectivity index (χ2v) is 4.16. The van der Waals surface area contributed by atoms with Crippen LogP contribution < -0.4 is 4.74 Å². The van der Waals surface area contributed by atoms with E-state index in [9.17, 15) is 9.18 Å². The number of halogens is 1. The molecule has 94 valence electrons. The van der Waals surface area contributed by atoms with Crippen LogP contribution in [-0.4, -0.2) is 12.9 Å². The van der Waals surface area contributed by atoms with Crippen LogP contribution in [-0.2, 0) is 0 Å². The first-order chi connectivity index (χ1) is 8.12. The standard InChI is InChI=1S/C14H19FO2/c1-4-10(5-2)8-13(16)11-6-7-12(15)14(9-11)17-3/h6-7,9-10H,4-5,8H2,1-3H3. The van der Waals surface area contributed by atoms with Gasteiger partial charge in [0.1, 0.15) is 0 Å². The summed E-state index contributed by atoms with van der Waals surface area (Å²) in [7, 11) is 1.40. The van der Waals surface area contributed by atoms with Gasteiger partial charge < -0.3 is 4.74 Å². The van der Waals surface area contributed by atoms with E-state index in [0.29, 0.717) is 17.9 Å². The third kappa shape index (κ3) is 3.55. The van der Waals surface area contributed by atoms with Gasteiger partial charge in [0, 0.05) is 12.0 Å². The summed E-state index contributed by atoms with van der Waals surface area (Å²) in [6, 6.07) is 4.27. The summed E-state index contributed by atoms with van der Waals surface area (Å²) >= 11 is 0. The van der Waals surface area contributed by atoms with Crippen molar-refractivity contribution < 1.29 is 13.9 Å². The van der Waals surface area contributed by atoms with Crippen LogP contribution in [0.15, 0.2) is 18.2 Å². The number of benzene rings is 1. The quantitative estimate of drug-likeness (QED) is 0.704.